The predicted molar refractivity (Wildman–Crippen MR) is 102 cm³/mol. The van der Waals surface area contributed by atoms with Gasteiger partial charge in [-0.15, -0.1) is 11.3 Å². The number of aryl methyl sites for hydroxylation is 1. The van der Waals surface area contributed by atoms with Crippen molar-refractivity contribution in [2.45, 2.75) is 13.8 Å². The van der Waals surface area contributed by atoms with E-state index in [-0.39, 0.29) is 5.03 Å². The van der Waals surface area contributed by atoms with Crippen LogP contribution >= 0.6 is 22.9 Å². The van der Waals surface area contributed by atoms with Crippen LogP contribution in [-0.2, 0) is 0 Å². The molecule has 0 saturated heterocycles. The first-order chi connectivity index (χ1) is 11.5. The molecule has 5 heteroatoms. The van der Waals surface area contributed by atoms with Gasteiger partial charge in [0.1, 0.15) is 11.5 Å². The topological polar surface area (TPSA) is 28.7 Å². The minimum atomic E-state index is -0.655. The zero-order valence-electron chi connectivity index (χ0n) is 13.4. The van der Waals surface area contributed by atoms with Crippen LogP contribution in [0.2, 0.25) is 0 Å². The highest BCUT2D eigenvalue weighted by molar-refractivity contribution is 7.15. The molecule has 0 aromatic carbocycles. The number of halogens is 2. The Labute approximate surface area is 149 Å². The van der Waals surface area contributed by atoms with Gasteiger partial charge in [0.2, 0.25) is 0 Å². The summed E-state index contributed by atoms with van der Waals surface area (Å²) in [6, 6.07) is 6.21. The van der Waals surface area contributed by atoms with Crippen molar-refractivity contribution in [3.8, 4) is 10.4 Å². The van der Waals surface area contributed by atoms with E-state index < -0.39 is 5.83 Å². The number of nitrogens with zero attached hydrogens (tertiary/aromatic N) is 1. The van der Waals surface area contributed by atoms with Crippen molar-refractivity contribution >= 4 is 39.5 Å². The lowest BCUT2D eigenvalue weighted by atomic mass is 10.0. The summed E-state index contributed by atoms with van der Waals surface area (Å²) in [5.74, 6) is -0.655. The predicted octanol–water partition coefficient (Wildman–Crippen LogP) is 6.61. The Morgan fingerprint density at radius 3 is 2.83 bits per heavy atom. The first-order valence-corrected chi connectivity index (χ1v) is 8.62. The molecule has 0 amide bonds. The van der Waals surface area contributed by atoms with Crippen LogP contribution in [0.4, 0.5) is 4.39 Å². The van der Waals surface area contributed by atoms with Crippen molar-refractivity contribution in [3.63, 3.8) is 0 Å². The SMILES string of the molecule is C=C(F)/C(Cl)=C(\C=C/C)c1c[nH]c2ncc(-c3ccc(C)s3)cc12. The fourth-order valence-electron chi connectivity index (χ4n) is 2.54. The number of H-pyrrole nitrogens is 1. The van der Waals surface area contributed by atoms with Crippen LogP contribution in [0.3, 0.4) is 0 Å². The molecule has 1 N–H and O–H groups in total. The maximum Gasteiger partial charge on any atom is 0.137 e. The summed E-state index contributed by atoms with van der Waals surface area (Å²) < 4.78 is 13.6. The van der Waals surface area contributed by atoms with Gasteiger partial charge < -0.3 is 4.98 Å². The molecule has 0 aliphatic carbocycles. The number of hydrogen-bond acceptors (Lipinski definition) is 2. The Morgan fingerprint density at radius 2 is 2.21 bits per heavy atom. The molecule has 3 rings (SSSR count). The number of pyridine rings is 1. The Bertz CT molecular complexity index is 978. The van der Waals surface area contributed by atoms with Crippen LogP contribution in [0.5, 0.6) is 0 Å². The quantitative estimate of drug-likeness (QED) is 0.522. The van der Waals surface area contributed by atoms with Gasteiger partial charge in [0.05, 0.1) is 5.03 Å². The molecule has 0 aliphatic heterocycles. The molecule has 2 nitrogen and oxygen atoms in total. The van der Waals surface area contributed by atoms with E-state index in [2.05, 4.69) is 35.6 Å². The zero-order valence-corrected chi connectivity index (χ0v) is 14.9. The number of aromatic nitrogens is 2. The Kier molecular flexibility index (Phi) is 4.69. The number of aromatic amines is 1. The van der Waals surface area contributed by atoms with Crippen LogP contribution in [0.15, 0.2) is 60.2 Å². The van der Waals surface area contributed by atoms with E-state index in [0.717, 1.165) is 27.0 Å². The minimum absolute atomic E-state index is 0.00590. The van der Waals surface area contributed by atoms with Crippen LogP contribution in [0.25, 0.3) is 27.0 Å². The summed E-state index contributed by atoms with van der Waals surface area (Å²) in [4.78, 5) is 9.98. The Morgan fingerprint density at radius 1 is 1.42 bits per heavy atom. The van der Waals surface area contributed by atoms with Crippen molar-refractivity contribution in [2.75, 3.05) is 0 Å². The first kappa shape index (κ1) is 16.7. The number of nitrogens with one attached hydrogen (secondary N) is 1. The van der Waals surface area contributed by atoms with E-state index in [1.165, 1.54) is 4.88 Å². The van der Waals surface area contributed by atoms with Crippen molar-refractivity contribution in [1.29, 1.82) is 0 Å². The molecule has 0 radical (unpaired) electrons. The van der Waals surface area contributed by atoms with E-state index in [4.69, 9.17) is 11.6 Å². The van der Waals surface area contributed by atoms with E-state index in [0.29, 0.717) is 5.57 Å². The average molecular weight is 359 g/mol. The van der Waals surface area contributed by atoms with Crippen LogP contribution in [0, 0.1) is 6.92 Å². The van der Waals surface area contributed by atoms with E-state index in [1.54, 1.807) is 23.6 Å². The fourth-order valence-corrected chi connectivity index (χ4v) is 3.56. The molecular formula is C19H16ClFN2S. The van der Waals surface area contributed by atoms with Crippen molar-refractivity contribution in [2.24, 2.45) is 0 Å². The number of fused-ring (bicyclic) bond motifs is 1. The van der Waals surface area contributed by atoms with E-state index >= 15 is 0 Å². The van der Waals surface area contributed by atoms with E-state index in [9.17, 15) is 4.39 Å². The lowest BCUT2D eigenvalue weighted by Gasteiger charge is -2.05. The highest BCUT2D eigenvalue weighted by Crippen LogP contribution is 2.35. The number of allylic oxidation sites excluding steroid dienone is 5. The van der Waals surface area contributed by atoms with Crippen molar-refractivity contribution < 1.29 is 4.39 Å². The lowest BCUT2D eigenvalue weighted by Crippen LogP contribution is -1.86. The average Bonchev–Trinajstić information content (AvgIpc) is 3.17. The van der Waals surface area contributed by atoms with Gasteiger partial charge in [-0.1, -0.05) is 30.3 Å². The van der Waals surface area contributed by atoms with Crippen LogP contribution in [-0.4, -0.2) is 9.97 Å². The second-order valence-electron chi connectivity index (χ2n) is 5.37. The van der Waals surface area contributed by atoms with Crippen molar-refractivity contribution in [1.82, 2.24) is 9.97 Å². The van der Waals surface area contributed by atoms with Gasteiger partial charge in [0, 0.05) is 44.2 Å². The normalized spacial score (nSPS) is 12.8. The molecule has 0 saturated carbocycles. The monoisotopic (exact) mass is 358 g/mol. The van der Waals surface area contributed by atoms with Crippen molar-refractivity contribution in [3.05, 3.63) is 70.6 Å². The smallest absolute Gasteiger partial charge is 0.137 e. The van der Waals surface area contributed by atoms with Gasteiger partial charge in [-0.25, -0.2) is 9.37 Å². The largest absolute Gasteiger partial charge is 0.346 e. The molecule has 0 spiro atoms. The van der Waals surface area contributed by atoms with Gasteiger partial charge in [-0.05, 0) is 32.0 Å². The van der Waals surface area contributed by atoms with Gasteiger partial charge in [0.25, 0.3) is 0 Å². The Hall–Kier alpha value is -2.17. The van der Waals surface area contributed by atoms with Gasteiger partial charge in [0.15, 0.2) is 0 Å². The molecular weight excluding hydrogens is 343 g/mol. The van der Waals surface area contributed by atoms with Gasteiger partial charge in [-0.3, -0.25) is 0 Å². The standard InChI is InChI=1S/C19H16ClFN2S/c1-4-5-14(18(20)12(3)21)16-10-23-19-15(16)8-13(9-22-19)17-7-6-11(2)24-17/h4-10H,3H2,1-2H3,(H,22,23)/b5-4-,18-14-. The van der Waals surface area contributed by atoms with Crippen LogP contribution in [0.1, 0.15) is 17.4 Å². The molecule has 122 valence electrons. The molecule has 0 bridgehead atoms. The molecule has 0 unspecified atom stereocenters. The zero-order chi connectivity index (χ0) is 17.3. The maximum atomic E-state index is 13.6. The third kappa shape index (κ3) is 3.07. The lowest BCUT2D eigenvalue weighted by molar-refractivity contribution is 0.667. The molecule has 3 heterocycles. The molecule has 24 heavy (non-hydrogen) atoms. The molecule has 0 fully saturated rings. The van der Waals surface area contributed by atoms with Crippen LogP contribution < -0.4 is 0 Å². The molecule has 0 atom stereocenters. The summed E-state index contributed by atoms with van der Waals surface area (Å²) >= 11 is 7.85. The third-order valence-corrected chi connectivity index (χ3v) is 5.11. The number of rotatable bonds is 4. The number of hydrogen-bond donors (Lipinski definition) is 1. The minimum Gasteiger partial charge on any atom is -0.346 e. The molecule has 0 aliphatic rings. The second-order valence-corrected chi connectivity index (χ2v) is 7.03. The highest BCUT2D eigenvalue weighted by Gasteiger charge is 2.14. The maximum absolute atomic E-state index is 13.6. The fraction of sp³-hybridized carbons (Fsp3) is 0.105. The first-order valence-electron chi connectivity index (χ1n) is 7.42. The molecule has 3 aromatic heterocycles. The Balaban J connectivity index is 2.22. The van der Waals surface area contributed by atoms with Gasteiger partial charge in [-0.2, -0.15) is 0 Å². The summed E-state index contributed by atoms with van der Waals surface area (Å²) in [5, 5.41) is 0.900. The summed E-state index contributed by atoms with van der Waals surface area (Å²) in [6.45, 7) is 7.23. The summed E-state index contributed by atoms with van der Waals surface area (Å²) in [7, 11) is 0. The second kappa shape index (κ2) is 6.75. The summed E-state index contributed by atoms with van der Waals surface area (Å²) in [6.07, 6.45) is 7.22. The molecule has 3 aromatic rings. The summed E-state index contributed by atoms with van der Waals surface area (Å²) in [5.41, 5.74) is 3.14. The van der Waals surface area contributed by atoms with Gasteiger partial charge >= 0.3 is 0 Å². The third-order valence-electron chi connectivity index (χ3n) is 3.65. The number of thiophene rings is 1. The highest BCUT2D eigenvalue weighted by atomic mass is 35.5. The van der Waals surface area contributed by atoms with E-state index in [1.807, 2.05) is 25.3 Å².